The Hall–Kier alpha value is -0.149. The second-order valence-electron chi connectivity index (χ2n) is 9.32. The van der Waals surface area contributed by atoms with Gasteiger partial charge in [0.05, 0.1) is 0 Å². The number of aromatic nitrogens is 6. The minimum absolute atomic E-state index is 0. The van der Waals surface area contributed by atoms with Crippen LogP contribution in [0.25, 0.3) is 0 Å². The Bertz CT molecular complexity index is 833. The summed E-state index contributed by atoms with van der Waals surface area (Å²) < 4.78 is 0. The first-order chi connectivity index (χ1) is 16.2. The third-order valence-electron chi connectivity index (χ3n) is 6.44. The van der Waals surface area contributed by atoms with Crippen molar-refractivity contribution < 1.29 is 67.1 Å². The zero-order valence-electron chi connectivity index (χ0n) is 24.2. The van der Waals surface area contributed by atoms with Gasteiger partial charge in [-0.3, -0.25) is 0 Å². The van der Waals surface area contributed by atoms with Crippen LogP contribution in [0.15, 0.2) is 0 Å². The molecule has 0 aliphatic carbocycles. The fraction of sp³-hybridized carbons (Fsp3) is 0.679. The topological polar surface area (TPSA) is 81.0 Å². The van der Waals surface area contributed by atoms with E-state index in [1.54, 1.807) is 0 Å². The van der Waals surface area contributed by atoms with E-state index in [4.69, 9.17) is 0 Å². The molecular formula is C28H47Ag3N6. The second-order valence-corrected chi connectivity index (χ2v) is 9.32. The Morgan fingerprint density at radius 2 is 0.811 bits per heavy atom. The molecule has 0 saturated heterocycles. The molecule has 0 atom stereocenters. The van der Waals surface area contributed by atoms with Gasteiger partial charge < -0.3 is 30.6 Å². The minimum Gasteiger partial charge on any atom is -0.579 e. The maximum Gasteiger partial charge on any atom is 1.00 e. The standard InChI is InChI=1S/2C11H19N2.C6H9N2.3Ag/c2*1-4-5-6-7-8-11-9(2)12-13-10(11)3;1-4-5(2)7-8-6(4)3;;;/h2*4-8H2,1-3H3;1-3H3;;;/q3*-1;3*+1. The van der Waals surface area contributed by atoms with E-state index in [1.165, 1.54) is 68.1 Å². The van der Waals surface area contributed by atoms with Crippen molar-refractivity contribution in [2.75, 3.05) is 0 Å². The zero-order chi connectivity index (χ0) is 25.5. The molecule has 0 N–H and O–H groups in total. The van der Waals surface area contributed by atoms with Crippen molar-refractivity contribution in [3.63, 3.8) is 0 Å². The molecule has 3 aromatic heterocycles. The SMILES string of the molecule is CCCCCCc1c(C)n[n-]c1C.CCCCCCc1c(C)n[n-]c1C.Cc1n[n-]c(C)c1C.[Ag+].[Ag+].[Ag+]. The molecule has 0 aromatic carbocycles. The summed E-state index contributed by atoms with van der Waals surface area (Å²) in [6.45, 7) is 18.6. The van der Waals surface area contributed by atoms with Gasteiger partial charge in [-0.05, 0) is 70.1 Å². The summed E-state index contributed by atoms with van der Waals surface area (Å²) in [5, 5.41) is 24.0. The van der Waals surface area contributed by atoms with Gasteiger partial charge in [-0.1, -0.05) is 73.1 Å². The van der Waals surface area contributed by atoms with Crippen LogP contribution in [0.4, 0.5) is 0 Å². The summed E-state index contributed by atoms with van der Waals surface area (Å²) in [7, 11) is 0. The fourth-order valence-electron chi connectivity index (χ4n) is 3.81. The number of rotatable bonds is 10. The predicted octanol–water partition coefficient (Wildman–Crippen LogP) is 6.51. The number of aryl methyl sites for hydroxylation is 6. The molecule has 0 fully saturated rings. The van der Waals surface area contributed by atoms with E-state index in [9.17, 15) is 0 Å². The summed E-state index contributed by atoms with van der Waals surface area (Å²) in [5.74, 6) is 0. The van der Waals surface area contributed by atoms with Gasteiger partial charge in [0.15, 0.2) is 0 Å². The van der Waals surface area contributed by atoms with E-state index >= 15 is 0 Å². The van der Waals surface area contributed by atoms with Crippen LogP contribution < -0.4 is 15.3 Å². The molecule has 0 aliphatic heterocycles. The Morgan fingerprint density at radius 3 is 1.03 bits per heavy atom. The Labute approximate surface area is 273 Å². The van der Waals surface area contributed by atoms with Gasteiger partial charge in [0.1, 0.15) is 0 Å². The van der Waals surface area contributed by atoms with Crippen molar-refractivity contribution >= 4 is 0 Å². The van der Waals surface area contributed by atoms with E-state index in [-0.39, 0.29) is 67.1 Å². The van der Waals surface area contributed by atoms with E-state index in [1.807, 2.05) is 20.8 Å². The Kier molecular flexibility index (Phi) is 26.5. The first kappa shape index (κ1) is 41.3. The molecule has 0 bridgehead atoms. The summed E-state index contributed by atoms with van der Waals surface area (Å²) in [6, 6.07) is 0. The predicted molar refractivity (Wildman–Crippen MR) is 142 cm³/mol. The normalized spacial score (nSPS) is 9.65. The molecular weight excluding hydrogens is 744 g/mol. The third kappa shape index (κ3) is 15.9. The summed E-state index contributed by atoms with van der Waals surface area (Å²) in [6.07, 6.45) is 12.8. The van der Waals surface area contributed by atoms with Gasteiger partial charge in [0.2, 0.25) is 0 Å². The van der Waals surface area contributed by atoms with Crippen LogP contribution in [-0.4, -0.2) is 15.3 Å². The van der Waals surface area contributed by atoms with Crippen LogP contribution in [0.3, 0.4) is 0 Å². The number of nitrogens with zero attached hydrogens (tertiary/aromatic N) is 6. The molecule has 3 rings (SSSR count). The van der Waals surface area contributed by atoms with Crippen molar-refractivity contribution in [1.82, 2.24) is 30.6 Å². The average Bonchev–Trinajstić information content (AvgIpc) is 3.42. The van der Waals surface area contributed by atoms with Crippen LogP contribution in [0.2, 0.25) is 0 Å². The fourth-order valence-corrected chi connectivity index (χ4v) is 3.81. The van der Waals surface area contributed by atoms with Gasteiger partial charge in [-0.15, -0.1) is 17.1 Å². The van der Waals surface area contributed by atoms with E-state index in [2.05, 4.69) is 72.1 Å². The number of hydrogen-bond donors (Lipinski definition) is 0. The average molecular weight is 791 g/mol. The molecule has 37 heavy (non-hydrogen) atoms. The van der Waals surface area contributed by atoms with E-state index in [0.717, 1.165) is 47.0 Å². The largest absolute Gasteiger partial charge is 1.00 e. The molecule has 0 unspecified atom stereocenters. The summed E-state index contributed by atoms with van der Waals surface area (Å²) in [4.78, 5) is 0. The van der Waals surface area contributed by atoms with E-state index in [0.29, 0.717) is 0 Å². The van der Waals surface area contributed by atoms with Gasteiger partial charge in [-0.2, -0.15) is 0 Å². The van der Waals surface area contributed by atoms with Crippen LogP contribution >= 0.6 is 0 Å². The molecule has 0 spiro atoms. The molecule has 0 saturated carbocycles. The van der Waals surface area contributed by atoms with Crippen molar-refractivity contribution in [2.24, 2.45) is 0 Å². The second kappa shape index (κ2) is 23.7. The monoisotopic (exact) mass is 788 g/mol. The van der Waals surface area contributed by atoms with Gasteiger partial charge in [-0.25, -0.2) is 0 Å². The van der Waals surface area contributed by atoms with Gasteiger partial charge in [0, 0.05) is 17.1 Å². The molecule has 3 heterocycles. The van der Waals surface area contributed by atoms with Crippen LogP contribution in [-0.2, 0) is 80.0 Å². The quantitative estimate of drug-likeness (QED) is 0.172. The summed E-state index contributed by atoms with van der Waals surface area (Å²) >= 11 is 0. The molecule has 3 aromatic rings. The van der Waals surface area contributed by atoms with Crippen molar-refractivity contribution in [3.05, 3.63) is 50.9 Å². The summed E-state index contributed by atoms with van der Waals surface area (Å²) in [5.41, 5.74) is 10.5. The van der Waals surface area contributed by atoms with Crippen molar-refractivity contribution in [1.29, 1.82) is 0 Å². The maximum atomic E-state index is 4.07. The van der Waals surface area contributed by atoms with Crippen LogP contribution in [0.1, 0.15) is 116 Å². The Balaban J connectivity index is -0.000000462. The molecule has 0 aliphatic rings. The van der Waals surface area contributed by atoms with Gasteiger partial charge in [0.25, 0.3) is 0 Å². The molecule has 0 amide bonds. The zero-order valence-corrected chi connectivity index (χ0v) is 28.6. The Morgan fingerprint density at radius 1 is 0.459 bits per heavy atom. The molecule has 6 nitrogen and oxygen atoms in total. The molecule has 9 heteroatoms. The minimum atomic E-state index is 0. The van der Waals surface area contributed by atoms with Crippen molar-refractivity contribution in [2.45, 2.75) is 127 Å². The van der Waals surface area contributed by atoms with Crippen LogP contribution in [0, 0.1) is 48.5 Å². The molecule has 222 valence electrons. The van der Waals surface area contributed by atoms with Gasteiger partial charge >= 0.3 is 67.1 Å². The maximum absolute atomic E-state index is 4.07. The third-order valence-corrected chi connectivity index (χ3v) is 6.44. The van der Waals surface area contributed by atoms with E-state index < -0.39 is 0 Å². The number of unbranched alkanes of at least 4 members (excludes halogenated alkanes) is 6. The van der Waals surface area contributed by atoms with Crippen LogP contribution in [0.5, 0.6) is 0 Å². The number of hydrogen-bond acceptors (Lipinski definition) is 3. The smallest absolute Gasteiger partial charge is 0.579 e. The first-order valence-electron chi connectivity index (χ1n) is 13.1. The first-order valence-corrected chi connectivity index (χ1v) is 13.1. The molecule has 0 radical (unpaired) electrons. The van der Waals surface area contributed by atoms with Crippen molar-refractivity contribution in [3.8, 4) is 0 Å².